The van der Waals surface area contributed by atoms with Gasteiger partial charge in [0.2, 0.25) is 5.91 Å². The van der Waals surface area contributed by atoms with E-state index in [0.29, 0.717) is 35.2 Å². The third-order valence-corrected chi connectivity index (χ3v) is 5.76. The van der Waals surface area contributed by atoms with Crippen LogP contribution in [-0.2, 0) is 4.79 Å². The molecule has 1 aromatic heterocycles. The first kappa shape index (κ1) is 15.2. The van der Waals surface area contributed by atoms with E-state index in [9.17, 15) is 9.59 Å². The van der Waals surface area contributed by atoms with Crippen LogP contribution < -0.4 is 10.2 Å². The minimum atomic E-state index is -0.0777. The number of carbonyl (C=O) groups is 2. The summed E-state index contributed by atoms with van der Waals surface area (Å²) in [6.07, 6.45) is 7.54. The van der Waals surface area contributed by atoms with Crippen molar-refractivity contribution in [3.63, 3.8) is 0 Å². The van der Waals surface area contributed by atoms with Crippen molar-refractivity contribution in [3.05, 3.63) is 30.5 Å². The lowest BCUT2D eigenvalue weighted by Gasteiger charge is -2.19. The number of aromatic nitrogens is 1. The summed E-state index contributed by atoms with van der Waals surface area (Å²) in [6, 6.07) is 3.46. The molecule has 2 unspecified atom stereocenters. The molecule has 6 heteroatoms. The monoisotopic (exact) mass is 326 g/mol. The summed E-state index contributed by atoms with van der Waals surface area (Å²) < 4.78 is 0. The number of nitrogens with one attached hydrogen (secondary N) is 1. The number of rotatable bonds is 2. The number of nitrogens with zero attached hydrogens (tertiary/aromatic N) is 3. The number of carbonyl (C=O) groups excluding carboxylic acids is 2. The topological polar surface area (TPSA) is 65.5 Å². The van der Waals surface area contributed by atoms with Crippen molar-refractivity contribution in [1.82, 2.24) is 9.88 Å². The van der Waals surface area contributed by atoms with Crippen molar-refractivity contribution < 1.29 is 9.59 Å². The van der Waals surface area contributed by atoms with E-state index in [4.69, 9.17) is 0 Å². The number of allylic oxidation sites excluding steroid dienone is 2. The Labute approximate surface area is 141 Å². The lowest BCUT2D eigenvalue weighted by atomic mass is 9.86. The fraction of sp³-hybridized carbons (Fsp3) is 0.500. The Balaban J connectivity index is 1.38. The lowest BCUT2D eigenvalue weighted by Crippen LogP contribution is -2.34. The van der Waals surface area contributed by atoms with Crippen molar-refractivity contribution in [2.45, 2.75) is 13.3 Å². The first-order valence-corrected chi connectivity index (χ1v) is 8.47. The van der Waals surface area contributed by atoms with Gasteiger partial charge in [-0.3, -0.25) is 4.79 Å². The summed E-state index contributed by atoms with van der Waals surface area (Å²) in [5, 5.41) is 2.92. The Kier molecular flexibility index (Phi) is 3.55. The molecule has 6 nitrogen and oxygen atoms in total. The number of likely N-dealkylation sites (tertiary alicyclic amines) is 1. The van der Waals surface area contributed by atoms with Crippen LogP contribution in [-0.4, -0.2) is 42.0 Å². The highest BCUT2D eigenvalue weighted by molar-refractivity contribution is 5.91. The van der Waals surface area contributed by atoms with Crippen LogP contribution >= 0.6 is 0 Å². The van der Waals surface area contributed by atoms with E-state index in [2.05, 4.69) is 22.5 Å². The average Bonchev–Trinajstić information content (AvgIpc) is 3.27. The van der Waals surface area contributed by atoms with Crippen LogP contribution in [0.15, 0.2) is 30.5 Å². The number of fused-ring (bicyclic) bond motifs is 5. The van der Waals surface area contributed by atoms with Gasteiger partial charge in [0.05, 0.1) is 11.9 Å². The summed E-state index contributed by atoms with van der Waals surface area (Å²) in [7, 11) is 1.67. The molecule has 2 bridgehead atoms. The third-order valence-electron chi connectivity index (χ3n) is 5.76. The van der Waals surface area contributed by atoms with Crippen LogP contribution in [0, 0.1) is 23.7 Å². The van der Waals surface area contributed by atoms with Crippen molar-refractivity contribution in [1.29, 1.82) is 0 Å². The average molecular weight is 326 g/mol. The highest BCUT2D eigenvalue weighted by atomic mass is 16.2. The quantitative estimate of drug-likeness (QED) is 0.849. The molecule has 2 fully saturated rings. The van der Waals surface area contributed by atoms with Gasteiger partial charge in [0.1, 0.15) is 5.82 Å². The Morgan fingerprint density at radius 2 is 1.88 bits per heavy atom. The predicted molar refractivity (Wildman–Crippen MR) is 91.6 cm³/mol. The Morgan fingerprint density at radius 1 is 1.21 bits per heavy atom. The minimum absolute atomic E-state index is 0.0572. The maximum absolute atomic E-state index is 12.5. The molecule has 0 spiro atoms. The van der Waals surface area contributed by atoms with Gasteiger partial charge in [-0.15, -0.1) is 0 Å². The number of hydrogen-bond acceptors (Lipinski definition) is 3. The molecular weight excluding hydrogens is 304 g/mol. The summed E-state index contributed by atoms with van der Waals surface area (Å²) in [6.45, 7) is 3.19. The Morgan fingerprint density at radius 3 is 2.42 bits per heavy atom. The number of pyridine rings is 1. The molecule has 0 radical (unpaired) electrons. The Bertz CT molecular complexity index is 679. The molecule has 4 atom stereocenters. The van der Waals surface area contributed by atoms with Gasteiger partial charge in [-0.2, -0.15) is 0 Å². The van der Waals surface area contributed by atoms with Gasteiger partial charge in [-0.05, 0) is 42.2 Å². The second-order valence-corrected chi connectivity index (χ2v) is 7.09. The van der Waals surface area contributed by atoms with Gasteiger partial charge in [-0.1, -0.05) is 12.2 Å². The van der Waals surface area contributed by atoms with Gasteiger partial charge in [0, 0.05) is 27.1 Å². The smallest absolute Gasteiger partial charge is 0.321 e. The van der Waals surface area contributed by atoms with E-state index in [-0.39, 0.29) is 11.9 Å². The zero-order chi connectivity index (χ0) is 16.8. The summed E-state index contributed by atoms with van der Waals surface area (Å²) >= 11 is 0. The molecule has 126 valence electrons. The number of anilines is 2. The van der Waals surface area contributed by atoms with Crippen LogP contribution in [0.25, 0.3) is 0 Å². The molecule has 1 aromatic rings. The lowest BCUT2D eigenvalue weighted by molar-refractivity contribution is -0.116. The maximum atomic E-state index is 12.5. The van der Waals surface area contributed by atoms with E-state index < -0.39 is 0 Å². The van der Waals surface area contributed by atoms with Crippen LogP contribution in [0.2, 0.25) is 0 Å². The van der Waals surface area contributed by atoms with Crippen LogP contribution in [0.1, 0.15) is 13.3 Å². The number of hydrogen-bond donors (Lipinski definition) is 1. The van der Waals surface area contributed by atoms with Crippen molar-refractivity contribution in [2.24, 2.45) is 23.7 Å². The molecule has 2 heterocycles. The van der Waals surface area contributed by atoms with Gasteiger partial charge >= 0.3 is 6.03 Å². The number of amides is 3. The largest absolute Gasteiger partial charge is 0.324 e. The minimum Gasteiger partial charge on any atom is -0.324 e. The van der Waals surface area contributed by atoms with E-state index >= 15 is 0 Å². The highest BCUT2D eigenvalue weighted by Gasteiger charge is 2.50. The first-order valence-electron chi connectivity index (χ1n) is 8.47. The zero-order valence-electron chi connectivity index (χ0n) is 14.0. The van der Waals surface area contributed by atoms with Crippen molar-refractivity contribution in [3.8, 4) is 0 Å². The molecule has 1 aliphatic heterocycles. The molecular formula is C18H22N4O2. The normalized spacial score (nSPS) is 29.7. The maximum Gasteiger partial charge on any atom is 0.321 e. The molecule has 3 amide bonds. The van der Waals surface area contributed by atoms with Crippen molar-refractivity contribution in [2.75, 3.05) is 30.4 Å². The molecule has 1 N–H and O–H groups in total. The molecule has 4 rings (SSSR count). The predicted octanol–water partition coefficient (Wildman–Crippen LogP) is 2.35. The van der Waals surface area contributed by atoms with Crippen LogP contribution in [0.4, 0.5) is 16.3 Å². The van der Waals surface area contributed by atoms with Gasteiger partial charge in [0.15, 0.2) is 0 Å². The first-order chi connectivity index (χ1) is 11.5. The second kappa shape index (κ2) is 5.61. The second-order valence-electron chi connectivity index (χ2n) is 7.09. The van der Waals surface area contributed by atoms with E-state index in [1.54, 1.807) is 25.4 Å². The van der Waals surface area contributed by atoms with Crippen LogP contribution in [0.3, 0.4) is 0 Å². The summed E-state index contributed by atoms with van der Waals surface area (Å²) in [4.78, 5) is 31.5. The molecule has 24 heavy (non-hydrogen) atoms. The molecule has 1 saturated heterocycles. The van der Waals surface area contributed by atoms with E-state index in [1.807, 2.05) is 4.90 Å². The summed E-state index contributed by atoms with van der Waals surface area (Å²) in [5.74, 6) is 3.10. The zero-order valence-corrected chi connectivity index (χ0v) is 14.0. The highest BCUT2D eigenvalue weighted by Crippen LogP contribution is 2.51. The van der Waals surface area contributed by atoms with E-state index in [0.717, 1.165) is 13.1 Å². The van der Waals surface area contributed by atoms with Gasteiger partial charge in [0.25, 0.3) is 0 Å². The Hall–Kier alpha value is -2.37. The molecule has 1 saturated carbocycles. The fourth-order valence-electron chi connectivity index (χ4n) is 4.34. The SMILES string of the molecule is CC(=O)N(C)c1ccc(NC(=O)N2C[C@@H]3C4C=CC(C4)[C@@H]3C2)cn1. The fourth-order valence-corrected chi connectivity index (χ4v) is 4.34. The van der Waals surface area contributed by atoms with E-state index in [1.165, 1.54) is 18.2 Å². The molecule has 3 aliphatic rings. The molecule has 0 aromatic carbocycles. The van der Waals surface area contributed by atoms with Crippen LogP contribution in [0.5, 0.6) is 0 Å². The van der Waals surface area contributed by atoms with Gasteiger partial charge < -0.3 is 15.1 Å². The van der Waals surface area contributed by atoms with Gasteiger partial charge in [-0.25, -0.2) is 9.78 Å². The van der Waals surface area contributed by atoms with Crippen molar-refractivity contribution >= 4 is 23.4 Å². The third kappa shape index (κ3) is 2.46. The molecule has 2 aliphatic carbocycles. The summed E-state index contributed by atoms with van der Waals surface area (Å²) in [5.41, 5.74) is 0.652. The number of urea groups is 1. The standard InChI is InChI=1S/C18H22N4O2/c1-11(23)21(2)17-6-5-14(8-19-17)20-18(24)22-9-15-12-3-4-13(7-12)16(15)10-22/h3-6,8,12-13,15-16H,7,9-10H2,1-2H3,(H,20,24)/t12?,13?,15-,16+.